The second-order valence-corrected chi connectivity index (χ2v) is 2.89. The van der Waals surface area contributed by atoms with Crippen LogP contribution in [0.1, 0.15) is 20.8 Å². The molecule has 0 aromatic carbocycles. The highest BCUT2D eigenvalue weighted by Crippen LogP contribution is 2.19. The van der Waals surface area contributed by atoms with E-state index in [0.717, 1.165) is 0 Å². The van der Waals surface area contributed by atoms with E-state index in [-0.39, 0.29) is 12.5 Å². The Kier molecular flexibility index (Phi) is 3.96. The predicted octanol–water partition coefficient (Wildman–Crippen LogP) is 1.12. The van der Waals surface area contributed by atoms with E-state index in [9.17, 15) is 9.90 Å². The third kappa shape index (κ3) is 2.34. The van der Waals surface area contributed by atoms with Gasteiger partial charge in [-0.3, -0.25) is 0 Å². The first-order valence-corrected chi connectivity index (χ1v) is 3.99. The van der Waals surface area contributed by atoms with E-state index in [4.69, 9.17) is 4.74 Å². The van der Waals surface area contributed by atoms with Crippen molar-refractivity contribution in [3.05, 3.63) is 12.7 Å². The first kappa shape index (κ1) is 11.2. The Labute approximate surface area is 73.0 Å². The van der Waals surface area contributed by atoms with Crippen LogP contribution in [-0.2, 0) is 9.53 Å². The van der Waals surface area contributed by atoms with E-state index in [0.29, 0.717) is 0 Å². The average molecular weight is 172 g/mol. The Morgan fingerprint density at radius 2 is 2.33 bits per heavy atom. The van der Waals surface area contributed by atoms with Gasteiger partial charge in [-0.15, -0.1) is 6.58 Å². The second-order valence-electron chi connectivity index (χ2n) is 2.89. The van der Waals surface area contributed by atoms with E-state index >= 15 is 0 Å². The summed E-state index contributed by atoms with van der Waals surface area (Å²) < 4.78 is 4.69. The molecular formula is C9H16O3. The number of ether oxygens (including phenoxy) is 1. The first-order valence-electron chi connectivity index (χ1n) is 3.99. The van der Waals surface area contributed by atoms with Crippen LogP contribution in [-0.4, -0.2) is 23.3 Å². The van der Waals surface area contributed by atoms with Crippen LogP contribution in [0.3, 0.4) is 0 Å². The van der Waals surface area contributed by atoms with Gasteiger partial charge in [-0.25, -0.2) is 4.79 Å². The summed E-state index contributed by atoms with van der Waals surface area (Å²) in [6.45, 7) is 8.62. The van der Waals surface area contributed by atoms with E-state index in [2.05, 4.69) is 6.58 Å². The molecular weight excluding hydrogens is 156 g/mol. The molecule has 3 heteroatoms. The molecule has 3 nitrogen and oxygen atoms in total. The Balaban J connectivity index is 4.37. The molecule has 1 N–H and O–H groups in total. The second kappa shape index (κ2) is 4.26. The van der Waals surface area contributed by atoms with Crippen LogP contribution in [0.25, 0.3) is 0 Å². The molecule has 0 aliphatic rings. The van der Waals surface area contributed by atoms with Gasteiger partial charge in [0.25, 0.3) is 0 Å². The summed E-state index contributed by atoms with van der Waals surface area (Å²) in [7, 11) is 0. The van der Waals surface area contributed by atoms with Crippen molar-refractivity contribution >= 4 is 5.97 Å². The number of hydrogen-bond donors (Lipinski definition) is 1. The van der Waals surface area contributed by atoms with Crippen molar-refractivity contribution in [2.45, 2.75) is 26.4 Å². The standard InChI is InChI=1S/C9H16O3/c1-5-7(3)9(4,11)8(10)12-6-2/h5,7,11H,1,6H2,2-4H3/t7-,9+/m1/s1. The Bertz CT molecular complexity index is 173. The Morgan fingerprint density at radius 1 is 1.83 bits per heavy atom. The predicted molar refractivity (Wildman–Crippen MR) is 46.6 cm³/mol. The average Bonchev–Trinajstić information content (AvgIpc) is 2.03. The van der Waals surface area contributed by atoms with Gasteiger partial charge in [-0.05, 0) is 13.8 Å². The van der Waals surface area contributed by atoms with Gasteiger partial charge in [-0.2, -0.15) is 0 Å². The molecule has 0 amide bonds. The highest BCUT2D eigenvalue weighted by atomic mass is 16.5. The maximum Gasteiger partial charge on any atom is 0.338 e. The van der Waals surface area contributed by atoms with Crippen molar-refractivity contribution < 1.29 is 14.6 Å². The molecule has 0 heterocycles. The molecule has 70 valence electrons. The molecule has 0 spiro atoms. The van der Waals surface area contributed by atoms with Gasteiger partial charge in [0.1, 0.15) is 0 Å². The number of carbonyl (C=O) groups excluding carboxylic acids is 1. The molecule has 0 saturated carbocycles. The fraction of sp³-hybridized carbons (Fsp3) is 0.667. The van der Waals surface area contributed by atoms with Crippen LogP contribution in [0.2, 0.25) is 0 Å². The molecule has 0 aromatic heterocycles. The summed E-state index contributed by atoms with van der Waals surface area (Å²) >= 11 is 0. The highest BCUT2D eigenvalue weighted by molar-refractivity contribution is 5.79. The first-order chi connectivity index (χ1) is 5.46. The summed E-state index contributed by atoms with van der Waals surface area (Å²) in [4.78, 5) is 11.1. The maximum absolute atomic E-state index is 11.1. The van der Waals surface area contributed by atoms with Gasteiger partial charge < -0.3 is 9.84 Å². The molecule has 0 aromatic rings. The molecule has 0 rings (SSSR count). The van der Waals surface area contributed by atoms with Crippen LogP contribution in [0.15, 0.2) is 12.7 Å². The lowest BCUT2D eigenvalue weighted by Gasteiger charge is -2.25. The van der Waals surface area contributed by atoms with E-state index < -0.39 is 11.6 Å². The SMILES string of the molecule is C=C[C@@H](C)[C@](C)(O)C(=O)OCC. The van der Waals surface area contributed by atoms with E-state index in [1.165, 1.54) is 13.0 Å². The summed E-state index contributed by atoms with van der Waals surface area (Å²) in [5.41, 5.74) is -1.46. The lowest BCUT2D eigenvalue weighted by molar-refractivity contribution is -0.166. The van der Waals surface area contributed by atoms with Crippen molar-refractivity contribution in [1.29, 1.82) is 0 Å². The van der Waals surface area contributed by atoms with Gasteiger partial charge in [0.2, 0.25) is 0 Å². The fourth-order valence-corrected chi connectivity index (χ4v) is 0.693. The maximum atomic E-state index is 11.1. The lowest BCUT2D eigenvalue weighted by atomic mass is 9.91. The molecule has 0 aliphatic carbocycles. The third-order valence-electron chi connectivity index (χ3n) is 1.93. The summed E-state index contributed by atoms with van der Waals surface area (Å²) in [6, 6.07) is 0. The van der Waals surface area contributed by atoms with Crippen molar-refractivity contribution in [2.24, 2.45) is 5.92 Å². The minimum absolute atomic E-state index is 0.277. The number of carbonyl (C=O) groups is 1. The minimum Gasteiger partial charge on any atom is -0.464 e. The number of esters is 1. The minimum atomic E-state index is -1.46. The number of hydrogen-bond acceptors (Lipinski definition) is 3. The monoisotopic (exact) mass is 172 g/mol. The van der Waals surface area contributed by atoms with Gasteiger partial charge in [0, 0.05) is 5.92 Å². The van der Waals surface area contributed by atoms with Gasteiger partial charge >= 0.3 is 5.97 Å². The van der Waals surface area contributed by atoms with Crippen LogP contribution in [0, 0.1) is 5.92 Å². The molecule has 0 saturated heterocycles. The summed E-state index contributed by atoms with van der Waals surface area (Å²) in [5, 5.41) is 9.64. The molecule has 0 fully saturated rings. The molecule has 2 atom stereocenters. The summed E-state index contributed by atoms with van der Waals surface area (Å²) in [6.07, 6.45) is 1.52. The van der Waals surface area contributed by atoms with Crippen molar-refractivity contribution in [1.82, 2.24) is 0 Å². The molecule has 0 radical (unpaired) electrons. The van der Waals surface area contributed by atoms with E-state index in [1.54, 1.807) is 13.8 Å². The number of aliphatic hydroxyl groups is 1. The van der Waals surface area contributed by atoms with Crippen molar-refractivity contribution in [3.63, 3.8) is 0 Å². The topological polar surface area (TPSA) is 46.5 Å². The molecule has 0 unspecified atom stereocenters. The number of rotatable bonds is 4. The zero-order valence-corrected chi connectivity index (χ0v) is 7.83. The zero-order valence-electron chi connectivity index (χ0n) is 7.83. The Morgan fingerprint density at radius 3 is 2.67 bits per heavy atom. The Hall–Kier alpha value is -0.830. The molecule has 12 heavy (non-hydrogen) atoms. The summed E-state index contributed by atoms with van der Waals surface area (Å²) in [5.74, 6) is -0.908. The van der Waals surface area contributed by atoms with Crippen LogP contribution >= 0.6 is 0 Å². The van der Waals surface area contributed by atoms with Crippen LogP contribution in [0.5, 0.6) is 0 Å². The van der Waals surface area contributed by atoms with E-state index in [1.807, 2.05) is 0 Å². The van der Waals surface area contributed by atoms with Crippen LogP contribution in [0.4, 0.5) is 0 Å². The smallest absolute Gasteiger partial charge is 0.338 e. The quantitative estimate of drug-likeness (QED) is 0.510. The highest BCUT2D eigenvalue weighted by Gasteiger charge is 2.36. The zero-order chi connectivity index (χ0) is 9.78. The molecule has 0 bridgehead atoms. The molecule has 0 aliphatic heterocycles. The van der Waals surface area contributed by atoms with Crippen molar-refractivity contribution in [2.75, 3.05) is 6.61 Å². The van der Waals surface area contributed by atoms with Gasteiger partial charge in [-0.1, -0.05) is 13.0 Å². The largest absolute Gasteiger partial charge is 0.464 e. The van der Waals surface area contributed by atoms with Gasteiger partial charge in [0.15, 0.2) is 5.60 Å². The normalized spacial score (nSPS) is 17.7. The lowest BCUT2D eigenvalue weighted by Crippen LogP contribution is -2.42. The fourth-order valence-electron chi connectivity index (χ4n) is 0.693. The van der Waals surface area contributed by atoms with Crippen LogP contribution < -0.4 is 0 Å². The van der Waals surface area contributed by atoms with Crippen molar-refractivity contribution in [3.8, 4) is 0 Å². The third-order valence-corrected chi connectivity index (χ3v) is 1.93. The van der Waals surface area contributed by atoms with Gasteiger partial charge in [0.05, 0.1) is 6.61 Å².